The van der Waals surface area contributed by atoms with E-state index in [0.29, 0.717) is 5.56 Å². The smallest absolute Gasteiger partial charge is 0.338 e. The van der Waals surface area contributed by atoms with Gasteiger partial charge in [0, 0.05) is 0 Å². The molecule has 1 atom stereocenters. The van der Waals surface area contributed by atoms with E-state index >= 15 is 0 Å². The van der Waals surface area contributed by atoms with Crippen LogP contribution in [0.5, 0.6) is 0 Å². The molecule has 0 aliphatic carbocycles. The van der Waals surface area contributed by atoms with Crippen LogP contribution in [0.25, 0.3) is 0 Å². The van der Waals surface area contributed by atoms with Crippen LogP contribution in [-0.4, -0.2) is 23.1 Å². The van der Waals surface area contributed by atoms with E-state index in [0.717, 1.165) is 0 Å². The van der Waals surface area contributed by atoms with E-state index in [9.17, 15) is 9.59 Å². The maximum absolute atomic E-state index is 11.4. The average molecular weight is 208 g/mol. The van der Waals surface area contributed by atoms with Gasteiger partial charge >= 0.3 is 11.9 Å². The van der Waals surface area contributed by atoms with Crippen molar-refractivity contribution in [3.63, 3.8) is 0 Å². The highest BCUT2D eigenvalue weighted by molar-refractivity contribution is 5.89. The number of ether oxygens (including phenoxy) is 1. The van der Waals surface area contributed by atoms with Gasteiger partial charge in [-0.3, -0.25) is 4.79 Å². The Morgan fingerprint density at radius 2 is 1.93 bits per heavy atom. The Morgan fingerprint density at radius 1 is 1.33 bits per heavy atom. The first-order chi connectivity index (χ1) is 7.09. The molecule has 4 heteroatoms. The summed E-state index contributed by atoms with van der Waals surface area (Å²) in [6.07, 6.45) is -0.798. The van der Waals surface area contributed by atoms with E-state index in [4.69, 9.17) is 9.84 Å². The molecular weight excluding hydrogens is 196 g/mol. The standard InChI is InChI=1S/C11H12O4/c1-8(7-10(12)13)15-11(14)9-5-3-2-4-6-9/h2-6,8H,7H2,1H3,(H,12,13)/t8-/m0/s1. The van der Waals surface area contributed by atoms with Gasteiger partial charge in [0.05, 0.1) is 12.0 Å². The number of esters is 1. The number of aliphatic carboxylic acids is 1. The number of hydrogen-bond acceptors (Lipinski definition) is 3. The van der Waals surface area contributed by atoms with Crippen LogP contribution in [0.15, 0.2) is 30.3 Å². The third-order valence-electron chi connectivity index (χ3n) is 1.78. The summed E-state index contributed by atoms with van der Waals surface area (Å²) in [5.41, 5.74) is 0.426. The second kappa shape index (κ2) is 5.14. The summed E-state index contributed by atoms with van der Waals surface area (Å²) in [5.74, 6) is -1.48. The van der Waals surface area contributed by atoms with Crippen molar-refractivity contribution >= 4 is 11.9 Å². The van der Waals surface area contributed by atoms with Crippen LogP contribution in [0.2, 0.25) is 0 Å². The van der Waals surface area contributed by atoms with E-state index < -0.39 is 18.0 Å². The fraction of sp³-hybridized carbons (Fsp3) is 0.273. The molecule has 0 aliphatic heterocycles. The van der Waals surface area contributed by atoms with Crippen molar-refractivity contribution in [3.05, 3.63) is 35.9 Å². The van der Waals surface area contributed by atoms with Gasteiger partial charge in [-0.2, -0.15) is 0 Å². The first-order valence-electron chi connectivity index (χ1n) is 4.57. The predicted octanol–water partition coefficient (Wildman–Crippen LogP) is 1.71. The van der Waals surface area contributed by atoms with Crippen molar-refractivity contribution in [1.29, 1.82) is 0 Å². The summed E-state index contributed by atoms with van der Waals surface area (Å²) in [5, 5.41) is 8.48. The molecule has 0 saturated carbocycles. The molecule has 0 radical (unpaired) electrons. The highest BCUT2D eigenvalue weighted by atomic mass is 16.5. The fourth-order valence-corrected chi connectivity index (χ4v) is 1.11. The van der Waals surface area contributed by atoms with Gasteiger partial charge in [0.1, 0.15) is 6.10 Å². The Balaban J connectivity index is 2.53. The molecule has 1 aromatic carbocycles. The number of carbonyl (C=O) groups excluding carboxylic acids is 1. The molecule has 0 aromatic heterocycles. The first kappa shape index (κ1) is 11.2. The number of benzene rings is 1. The topological polar surface area (TPSA) is 63.6 Å². The lowest BCUT2D eigenvalue weighted by Gasteiger charge is -2.10. The van der Waals surface area contributed by atoms with Crippen molar-refractivity contribution in [2.24, 2.45) is 0 Å². The average Bonchev–Trinajstić information content (AvgIpc) is 2.17. The molecule has 0 saturated heterocycles. The van der Waals surface area contributed by atoms with Crippen molar-refractivity contribution < 1.29 is 19.4 Å². The summed E-state index contributed by atoms with van der Waals surface area (Å²) in [6.45, 7) is 1.55. The summed E-state index contributed by atoms with van der Waals surface area (Å²) in [6, 6.07) is 8.47. The van der Waals surface area contributed by atoms with Gasteiger partial charge in [0.25, 0.3) is 0 Å². The number of carboxylic acids is 1. The molecule has 0 unspecified atom stereocenters. The highest BCUT2D eigenvalue weighted by Crippen LogP contribution is 2.05. The van der Waals surface area contributed by atoms with Crippen molar-refractivity contribution in [2.75, 3.05) is 0 Å². The third kappa shape index (κ3) is 3.81. The van der Waals surface area contributed by atoms with Crippen molar-refractivity contribution in [3.8, 4) is 0 Å². The van der Waals surface area contributed by atoms with Gasteiger partial charge in [0.2, 0.25) is 0 Å². The molecule has 80 valence electrons. The normalized spacial score (nSPS) is 11.8. The summed E-state index contributed by atoms with van der Waals surface area (Å²) in [7, 11) is 0. The zero-order chi connectivity index (χ0) is 11.3. The number of carbonyl (C=O) groups is 2. The number of rotatable bonds is 4. The predicted molar refractivity (Wildman–Crippen MR) is 53.6 cm³/mol. The number of hydrogen-bond donors (Lipinski definition) is 1. The highest BCUT2D eigenvalue weighted by Gasteiger charge is 2.13. The Morgan fingerprint density at radius 3 is 2.47 bits per heavy atom. The van der Waals surface area contributed by atoms with Crippen LogP contribution in [0.3, 0.4) is 0 Å². The Labute approximate surface area is 87.5 Å². The number of carboxylic acid groups (broad SMARTS) is 1. The molecule has 1 rings (SSSR count). The lowest BCUT2D eigenvalue weighted by Crippen LogP contribution is -2.18. The van der Waals surface area contributed by atoms with Gasteiger partial charge in [-0.15, -0.1) is 0 Å². The molecule has 4 nitrogen and oxygen atoms in total. The van der Waals surface area contributed by atoms with Crippen LogP contribution in [0.4, 0.5) is 0 Å². The maximum Gasteiger partial charge on any atom is 0.338 e. The van der Waals surface area contributed by atoms with E-state index in [1.807, 2.05) is 0 Å². The molecule has 0 aliphatic rings. The lowest BCUT2D eigenvalue weighted by molar-refractivity contribution is -0.138. The van der Waals surface area contributed by atoms with Crippen molar-refractivity contribution in [2.45, 2.75) is 19.4 Å². The Hall–Kier alpha value is -1.84. The largest absolute Gasteiger partial charge is 0.481 e. The molecule has 0 bridgehead atoms. The van der Waals surface area contributed by atoms with E-state index in [1.165, 1.54) is 0 Å². The monoisotopic (exact) mass is 208 g/mol. The van der Waals surface area contributed by atoms with E-state index in [2.05, 4.69) is 0 Å². The lowest BCUT2D eigenvalue weighted by atomic mass is 10.2. The van der Waals surface area contributed by atoms with Crippen LogP contribution in [0, 0.1) is 0 Å². The van der Waals surface area contributed by atoms with Crippen LogP contribution >= 0.6 is 0 Å². The van der Waals surface area contributed by atoms with Gasteiger partial charge in [-0.1, -0.05) is 18.2 Å². The molecule has 1 aromatic rings. The van der Waals surface area contributed by atoms with Gasteiger partial charge in [0.15, 0.2) is 0 Å². The van der Waals surface area contributed by atoms with Gasteiger partial charge in [-0.25, -0.2) is 4.79 Å². The molecule has 0 spiro atoms. The van der Waals surface area contributed by atoms with Crippen LogP contribution in [0.1, 0.15) is 23.7 Å². The molecule has 0 fully saturated rings. The molecule has 1 N–H and O–H groups in total. The maximum atomic E-state index is 11.4. The van der Waals surface area contributed by atoms with Crippen LogP contribution in [-0.2, 0) is 9.53 Å². The summed E-state index contributed by atoms with van der Waals surface area (Å²) < 4.78 is 4.93. The molecule has 15 heavy (non-hydrogen) atoms. The second-order valence-corrected chi connectivity index (χ2v) is 3.18. The quantitative estimate of drug-likeness (QED) is 0.765. The fourth-order valence-electron chi connectivity index (χ4n) is 1.11. The zero-order valence-electron chi connectivity index (χ0n) is 8.34. The molecule has 0 amide bonds. The van der Waals surface area contributed by atoms with Gasteiger partial charge < -0.3 is 9.84 Å². The molecule has 0 heterocycles. The van der Waals surface area contributed by atoms with Crippen LogP contribution < -0.4 is 0 Å². The first-order valence-corrected chi connectivity index (χ1v) is 4.57. The minimum Gasteiger partial charge on any atom is -0.481 e. The Bertz CT molecular complexity index is 345. The Kier molecular flexibility index (Phi) is 3.85. The SMILES string of the molecule is C[C@@H](CC(=O)O)OC(=O)c1ccccc1. The minimum absolute atomic E-state index is 0.182. The minimum atomic E-state index is -0.983. The van der Waals surface area contributed by atoms with Gasteiger partial charge in [-0.05, 0) is 19.1 Å². The second-order valence-electron chi connectivity index (χ2n) is 3.18. The van der Waals surface area contributed by atoms with Crippen molar-refractivity contribution in [1.82, 2.24) is 0 Å². The van der Waals surface area contributed by atoms with E-state index in [-0.39, 0.29) is 6.42 Å². The summed E-state index contributed by atoms with van der Waals surface area (Å²) in [4.78, 5) is 21.8. The molecular formula is C11H12O4. The third-order valence-corrected chi connectivity index (χ3v) is 1.78. The summed E-state index contributed by atoms with van der Waals surface area (Å²) >= 11 is 0. The zero-order valence-corrected chi connectivity index (χ0v) is 8.34. The van der Waals surface area contributed by atoms with E-state index in [1.54, 1.807) is 37.3 Å².